The van der Waals surface area contributed by atoms with E-state index >= 15 is 0 Å². The van der Waals surface area contributed by atoms with Crippen LogP contribution in [0.25, 0.3) is 5.65 Å². The molecule has 0 unspecified atom stereocenters. The number of halogens is 2. The van der Waals surface area contributed by atoms with Gasteiger partial charge in [-0.2, -0.15) is 4.98 Å². The lowest BCUT2D eigenvalue weighted by atomic mass is 10.5. The van der Waals surface area contributed by atoms with Crippen LogP contribution >= 0.6 is 15.9 Å². The molecule has 0 aliphatic rings. The summed E-state index contributed by atoms with van der Waals surface area (Å²) in [5.74, 6) is 0.102. The maximum atomic E-state index is 12.8. The van der Waals surface area contributed by atoms with Crippen molar-refractivity contribution in [3.63, 3.8) is 0 Å². The number of rotatable bonds is 3. The van der Waals surface area contributed by atoms with E-state index in [0.29, 0.717) is 18.1 Å². The predicted octanol–water partition coefficient (Wildman–Crippen LogP) is 2.19. The zero-order chi connectivity index (χ0) is 10.8. The Balaban J connectivity index is 2.27. The number of aromatic nitrogens is 3. The van der Waals surface area contributed by atoms with E-state index in [4.69, 9.17) is 0 Å². The van der Waals surface area contributed by atoms with Crippen LogP contribution in [0, 0.1) is 5.82 Å². The van der Waals surface area contributed by atoms with Crippen LogP contribution in [0.1, 0.15) is 0 Å². The van der Waals surface area contributed by atoms with Crippen molar-refractivity contribution in [2.24, 2.45) is 0 Å². The van der Waals surface area contributed by atoms with Gasteiger partial charge in [0.05, 0.1) is 6.20 Å². The quantitative estimate of drug-likeness (QED) is 0.930. The minimum absolute atomic E-state index is 0.344. The van der Waals surface area contributed by atoms with Crippen molar-refractivity contribution < 1.29 is 4.39 Å². The van der Waals surface area contributed by atoms with E-state index in [1.807, 2.05) is 0 Å². The summed E-state index contributed by atoms with van der Waals surface area (Å²) in [6.07, 6.45) is 1.27. The fraction of sp³-hybridized carbons (Fsp3) is 0.111. The molecule has 0 aliphatic heterocycles. The Labute approximate surface area is 93.9 Å². The lowest BCUT2D eigenvalue weighted by molar-refractivity contribution is 0.615. The second-order valence-electron chi connectivity index (χ2n) is 2.96. The molecular formula is C9H8BrFN4. The smallest absolute Gasteiger partial charge is 0.243 e. The van der Waals surface area contributed by atoms with Crippen LogP contribution in [0.5, 0.6) is 0 Å². The summed E-state index contributed by atoms with van der Waals surface area (Å²) >= 11 is 3.21. The molecule has 0 aromatic carbocycles. The highest BCUT2D eigenvalue weighted by Crippen LogP contribution is 2.08. The third kappa shape index (κ3) is 2.33. The minimum atomic E-state index is -0.344. The largest absolute Gasteiger partial charge is 0.348 e. The summed E-state index contributed by atoms with van der Waals surface area (Å²) < 4.78 is 15.0. The molecule has 0 saturated heterocycles. The minimum Gasteiger partial charge on any atom is -0.348 e. The molecule has 2 rings (SSSR count). The van der Waals surface area contributed by atoms with E-state index in [-0.39, 0.29) is 5.82 Å². The van der Waals surface area contributed by atoms with Crippen LogP contribution in [-0.2, 0) is 0 Å². The van der Waals surface area contributed by atoms with Crippen LogP contribution < -0.4 is 5.32 Å². The predicted molar refractivity (Wildman–Crippen MR) is 59.5 cm³/mol. The van der Waals surface area contributed by atoms with Crippen LogP contribution in [0.4, 0.5) is 10.3 Å². The first-order chi connectivity index (χ1) is 7.15. The molecule has 6 heteroatoms. The molecule has 0 fully saturated rings. The molecular weight excluding hydrogens is 263 g/mol. The van der Waals surface area contributed by atoms with E-state index in [1.54, 1.807) is 6.07 Å². The van der Waals surface area contributed by atoms with Crippen molar-refractivity contribution in [2.45, 2.75) is 0 Å². The second kappa shape index (κ2) is 3.98. The van der Waals surface area contributed by atoms with Gasteiger partial charge in [-0.15, -0.1) is 5.10 Å². The van der Waals surface area contributed by atoms with Gasteiger partial charge in [-0.05, 0) is 12.1 Å². The second-order valence-corrected chi connectivity index (χ2v) is 4.08. The molecule has 0 bridgehead atoms. The monoisotopic (exact) mass is 270 g/mol. The molecule has 1 N–H and O–H groups in total. The van der Waals surface area contributed by atoms with Gasteiger partial charge in [0, 0.05) is 11.0 Å². The maximum Gasteiger partial charge on any atom is 0.243 e. The van der Waals surface area contributed by atoms with Crippen LogP contribution in [0.2, 0.25) is 0 Å². The van der Waals surface area contributed by atoms with Gasteiger partial charge >= 0.3 is 0 Å². The zero-order valence-corrected chi connectivity index (χ0v) is 9.33. The van der Waals surface area contributed by atoms with Crippen molar-refractivity contribution in [3.05, 3.63) is 35.2 Å². The number of fused-ring (bicyclic) bond motifs is 1. The van der Waals surface area contributed by atoms with Crippen LogP contribution in [-0.4, -0.2) is 21.1 Å². The molecule has 15 heavy (non-hydrogen) atoms. The number of nitrogens with one attached hydrogen (secondary N) is 1. The van der Waals surface area contributed by atoms with E-state index in [9.17, 15) is 4.39 Å². The lowest BCUT2D eigenvalue weighted by Gasteiger charge is -1.96. The van der Waals surface area contributed by atoms with Gasteiger partial charge in [-0.3, -0.25) is 0 Å². The Hall–Kier alpha value is -1.43. The maximum absolute atomic E-state index is 12.8. The molecule has 2 heterocycles. The summed E-state index contributed by atoms with van der Waals surface area (Å²) in [4.78, 5) is 4.14. The van der Waals surface area contributed by atoms with Crippen molar-refractivity contribution in [2.75, 3.05) is 11.9 Å². The highest BCUT2D eigenvalue weighted by atomic mass is 79.9. The summed E-state index contributed by atoms with van der Waals surface area (Å²) in [6.45, 7) is 4.20. The number of hydrogen-bond donors (Lipinski definition) is 1. The lowest BCUT2D eigenvalue weighted by Crippen LogP contribution is -2.02. The Bertz CT molecular complexity index is 508. The van der Waals surface area contributed by atoms with E-state index in [0.717, 1.165) is 4.48 Å². The standard InChI is InChI=1S/C9H8BrFN4/c1-6(10)4-12-9-13-8-3-2-7(11)5-15(8)14-9/h2-3,5H,1,4H2,(H,12,14). The van der Waals surface area contributed by atoms with Gasteiger partial charge < -0.3 is 5.32 Å². The zero-order valence-electron chi connectivity index (χ0n) is 7.74. The molecule has 2 aromatic heterocycles. The Morgan fingerprint density at radius 3 is 3.13 bits per heavy atom. The number of hydrogen-bond acceptors (Lipinski definition) is 3. The van der Waals surface area contributed by atoms with Gasteiger partial charge in [0.15, 0.2) is 5.65 Å². The molecule has 4 nitrogen and oxygen atoms in total. The first kappa shape index (κ1) is 10.1. The molecule has 78 valence electrons. The van der Waals surface area contributed by atoms with Crippen molar-refractivity contribution >= 4 is 27.5 Å². The number of nitrogens with zero attached hydrogens (tertiary/aromatic N) is 3. The van der Waals surface area contributed by atoms with Crippen LogP contribution in [0.15, 0.2) is 29.4 Å². The highest BCUT2D eigenvalue weighted by Gasteiger charge is 2.03. The van der Waals surface area contributed by atoms with Crippen LogP contribution in [0.3, 0.4) is 0 Å². The normalized spacial score (nSPS) is 10.5. The third-order valence-electron chi connectivity index (χ3n) is 1.73. The molecule has 0 saturated carbocycles. The molecule has 0 atom stereocenters. The van der Waals surface area contributed by atoms with Crippen molar-refractivity contribution in [3.8, 4) is 0 Å². The fourth-order valence-corrected chi connectivity index (χ4v) is 1.25. The molecule has 0 spiro atoms. The third-order valence-corrected chi connectivity index (χ3v) is 2.01. The molecule has 0 radical (unpaired) electrons. The highest BCUT2D eigenvalue weighted by molar-refractivity contribution is 9.11. The van der Waals surface area contributed by atoms with Gasteiger partial charge in [0.25, 0.3) is 0 Å². The van der Waals surface area contributed by atoms with Crippen molar-refractivity contribution in [1.82, 2.24) is 14.6 Å². The van der Waals surface area contributed by atoms with Gasteiger partial charge in [-0.25, -0.2) is 8.91 Å². The summed E-state index contributed by atoms with van der Waals surface area (Å²) in [6, 6.07) is 2.91. The molecule has 0 aliphatic carbocycles. The average Bonchev–Trinajstić information content (AvgIpc) is 2.56. The number of pyridine rings is 1. The summed E-state index contributed by atoms with van der Waals surface area (Å²) in [7, 11) is 0. The molecule has 0 amide bonds. The summed E-state index contributed by atoms with van der Waals surface area (Å²) in [5, 5.41) is 6.98. The molecule has 2 aromatic rings. The number of anilines is 1. The van der Waals surface area contributed by atoms with Gasteiger partial charge in [0.1, 0.15) is 5.82 Å². The Kier molecular flexibility index (Phi) is 2.68. The van der Waals surface area contributed by atoms with Crippen molar-refractivity contribution in [1.29, 1.82) is 0 Å². The van der Waals surface area contributed by atoms with Gasteiger partial charge in [-0.1, -0.05) is 22.5 Å². The average molecular weight is 271 g/mol. The topological polar surface area (TPSA) is 42.2 Å². The van der Waals surface area contributed by atoms with E-state index < -0.39 is 0 Å². The summed E-state index contributed by atoms with van der Waals surface area (Å²) in [5.41, 5.74) is 0.596. The van der Waals surface area contributed by atoms with E-state index in [2.05, 4.69) is 37.9 Å². The first-order valence-electron chi connectivity index (χ1n) is 4.24. The first-order valence-corrected chi connectivity index (χ1v) is 5.03. The van der Waals surface area contributed by atoms with Gasteiger partial charge in [0.2, 0.25) is 5.95 Å². The Morgan fingerprint density at radius 2 is 2.40 bits per heavy atom. The Morgan fingerprint density at radius 1 is 1.60 bits per heavy atom. The van der Waals surface area contributed by atoms with E-state index in [1.165, 1.54) is 16.8 Å². The fourth-order valence-electron chi connectivity index (χ4n) is 1.11. The SMILES string of the molecule is C=C(Br)CNc1nc2ccc(F)cn2n1.